The maximum Gasteiger partial charge on any atom is 0.249 e. The molecule has 0 fully saturated rings. The first-order valence-corrected chi connectivity index (χ1v) is 8.25. The van der Waals surface area contributed by atoms with Crippen LogP contribution in [-0.4, -0.2) is 26.8 Å². The third kappa shape index (κ3) is 4.01. The lowest BCUT2D eigenvalue weighted by Crippen LogP contribution is -2.24. The van der Waals surface area contributed by atoms with E-state index in [1.54, 1.807) is 6.07 Å². The molecule has 0 saturated heterocycles. The van der Waals surface area contributed by atoms with E-state index in [1.165, 1.54) is 0 Å². The molecule has 0 unspecified atom stereocenters. The van der Waals surface area contributed by atoms with Crippen LogP contribution < -0.4 is 0 Å². The second-order valence-corrected chi connectivity index (χ2v) is 6.03. The Balaban J connectivity index is 1.72. The number of aryl methyl sites for hydroxylation is 1. The molecule has 3 rings (SSSR count). The molecule has 0 saturated carbocycles. The highest BCUT2D eigenvalue weighted by molar-refractivity contribution is 6.33. The zero-order valence-electron chi connectivity index (χ0n) is 13.7. The number of halogens is 1. The Morgan fingerprint density at radius 3 is 2.71 bits per heavy atom. The second-order valence-electron chi connectivity index (χ2n) is 5.62. The van der Waals surface area contributed by atoms with Gasteiger partial charge in [0, 0.05) is 12.6 Å². The van der Waals surface area contributed by atoms with Gasteiger partial charge in [0.25, 0.3) is 0 Å². The van der Waals surface area contributed by atoms with E-state index >= 15 is 0 Å². The zero-order chi connectivity index (χ0) is 16.9. The van der Waals surface area contributed by atoms with Crippen LogP contribution in [0.1, 0.15) is 30.7 Å². The first-order chi connectivity index (χ1) is 11.7. The summed E-state index contributed by atoms with van der Waals surface area (Å²) >= 11 is 6.18. The van der Waals surface area contributed by atoms with E-state index in [2.05, 4.69) is 27.2 Å². The van der Waals surface area contributed by atoms with Crippen LogP contribution in [-0.2, 0) is 13.1 Å². The topological polar surface area (TPSA) is 68.2 Å². The van der Waals surface area contributed by atoms with Crippen molar-refractivity contribution in [1.82, 2.24) is 20.3 Å². The average Bonchev–Trinajstić information content (AvgIpc) is 3.17. The molecule has 0 bridgehead atoms. The summed E-state index contributed by atoms with van der Waals surface area (Å²) in [6, 6.07) is 9.36. The third-order valence-corrected chi connectivity index (χ3v) is 3.86. The molecule has 6 nitrogen and oxygen atoms in total. The quantitative estimate of drug-likeness (QED) is 0.641. The molecule has 0 aliphatic carbocycles. The number of nitrogens with zero attached hydrogens (tertiary/aromatic N) is 4. The Morgan fingerprint density at radius 1 is 1.17 bits per heavy atom. The summed E-state index contributed by atoms with van der Waals surface area (Å²) in [5, 5.41) is 12.9. The van der Waals surface area contributed by atoms with E-state index < -0.39 is 0 Å². The molecule has 0 spiro atoms. The first kappa shape index (κ1) is 16.7. The molecule has 2 heterocycles. The second kappa shape index (κ2) is 7.59. The number of aromatic nitrogens is 3. The standard InChI is InChI=1S/C17H19ClN4O2/c1-3-8-22(10-13-9-12(2)24-21-13)11-16-19-20-17(23-16)14-6-4-5-7-15(14)18/h4-7,9H,3,8,10-11H2,1-2H3. The minimum absolute atomic E-state index is 0.435. The molecule has 0 N–H and O–H groups in total. The van der Waals surface area contributed by atoms with Crippen LogP contribution in [0.4, 0.5) is 0 Å². The van der Waals surface area contributed by atoms with E-state index in [1.807, 2.05) is 31.2 Å². The number of hydrogen-bond donors (Lipinski definition) is 0. The largest absolute Gasteiger partial charge is 0.419 e. The lowest BCUT2D eigenvalue weighted by Gasteiger charge is -2.17. The van der Waals surface area contributed by atoms with E-state index in [0.29, 0.717) is 29.9 Å². The SMILES string of the molecule is CCCN(Cc1cc(C)on1)Cc1nnc(-c2ccccc2Cl)o1. The highest BCUT2D eigenvalue weighted by Crippen LogP contribution is 2.26. The average molecular weight is 347 g/mol. The van der Waals surface area contributed by atoms with Crippen molar-refractivity contribution in [3.8, 4) is 11.5 Å². The van der Waals surface area contributed by atoms with Crippen molar-refractivity contribution < 1.29 is 8.94 Å². The zero-order valence-corrected chi connectivity index (χ0v) is 14.5. The molecule has 0 atom stereocenters. The smallest absolute Gasteiger partial charge is 0.249 e. The third-order valence-electron chi connectivity index (χ3n) is 3.53. The molecule has 126 valence electrons. The summed E-state index contributed by atoms with van der Waals surface area (Å²) in [4.78, 5) is 2.20. The highest BCUT2D eigenvalue weighted by Gasteiger charge is 2.15. The Hall–Kier alpha value is -2.18. The molecule has 0 aliphatic heterocycles. The Kier molecular flexibility index (Phi) is 5.27. The Labute approximate surface area is 145 Å². The molecular weight excluding hydrogens is 328 g/mol. The molecule has 1 aromatic carbocycles. The number of rotatable bonds is 7. The first-order valence-electron chi connectivity index (χ1n) is 7.87. The fourth-order valence-corrected chi connectivity index (χ4v) is 2.72. The molecule has 2 aromatic heterocycles. The van der Waals surface area contributed by atoms with Crippen LogP contribution in [0, 0.1) is 6.92 Å². The van der Waals surface area contributed by atoms with Crippen molar-refractivity contribution in [3.05, 3.63) is 52.7 Å². The van der Waals surface area contributed by atoms with Crippen molar-refractivity contribution >= 4 is 11.6 Å². The Bertz CT molecular complexity index is 799. The van der Waals surface area contributed by atoms with Gasteiger partial charge in [0.2, 0.25) is 11.8 Å². The fourth-order valence-electron chi connectivity index (χ4n) is 2.50. The van der Waals surface area contributed by atoms with Crippen LogP contribution in [0.25, 0.3) is 11.5 Å². The maximum atomic E-state index is 6.18. The van der Waals surface area contributed by atoms with Gasteiger partial charge in [-0.05, 0) is 32.0 Å². The molecule has 7 heteroatoms. The minimum atomic E-state index is 0.435. The number of hydrogen-bond acceptors (Lipinski definition) is 6. The monoisotopic (exact) mass is 346 g/mol. The van der Waals surface area contributed by atoms with Gasteiger partial charge in [-0.15, -0.1) is 10.2 Å². The summed E-state index contributed by atoms with van der Waals surface area (Å²) in [7, 11) is 0. The van der Waals surface area contributed by atoms with Gasteiger partial charge >= 0.3 is 0 Å². The summed E-state index contributed by atoms with van der Waals surface area (Å²) < 4.78 is 10.9. The van der Waals surface area contributed by atoms with Crippen LogP contribution in [0.3, 0.4) is 0 Å². The van der Waals surface area contributed by atoms with Crippen LogP contribution in [0.5, 0.6) is 0 Å². The van der Waals surface area contributed by atoms with E-state index in [4.69, 9.17) is 20.5 Å². The van der Waals surface area contributed by atoms with Gasteiger partial charge in [-0.2, -0.15) is 0 Å². The molecular formula is C17H19ClN4O2. The molecule has 0 radical (unpaired) electrons. The minimum Gasteiger partial charge on any atom is -0.419 e. The molecule has 24 heavy (non-hydrogen) atoms. The number of benzene rings is 1. The van der Waals surface area contributed by atoms with Crippen molar-refractivity contribution in [2.45, 2.75) is 33.4 Å². The predicted molar refractivity (Wildman–Crippen MR) is 90.4 cm³/mol. The van der Waals surface area contributed by atoms with E-state index in [-0.39, 0.29) is 0 Å². The van der Waals surface area contributed by atoms with Gasteiger partial charge in [-0.25, -0.2) is 0 Å². The molecule has 0 amide bonds. The predicted octanol–water partition coefficient (Wildman–Crippen LogP) is 4.10. The van der Waals surface area contributed by atoms with Gasteiger partial charge in [-0.1, -0.05) is 35.8 Å². The van der Waals surface area contributed by atoms with E-state index in [0.717, 1.165) is 30.0 Å². The normalized spacial score (nSPS) is 11.3. The maximum absolute atomic E-state index is 6.18. The van der Waals surface area contributed by atoms with Gasteiger partial charge in [-0.3, -0.25) is 4.90 Å². The lowest BCUT2D eigenvalue weighted by molar-refractivity contribution is 0.225. The van der Waals surface area contributed by atoms with Crippen LogP contribution in [0.15, 0.2) is 39.3 Å². The van der Waals surface area contributed by atoms with Crippen molar-refractivity contribution in [2.75, 3.05) is 6.54 Å². The summed E-state index contributed by atoms with van der Waals surface area (Å²) in [6.07, 6.45) is 1.02. The summed E-state index contributed by atoms with van der Waals surface area (Å²) in [6.45, 7) is 6.14. The summed E-state index contributed by atoms with van der Waals surface area (Å²) in [5.41, 5.74) is 1.64. The van der Waals surface area contributed by atoms with Crippen LogP contribution >= 0.6 is 11.6 Å². The van der Waals surface area contributed by atoms with Crippen molar-refractivity contribution in [1.29, 1.82) is 0 Å². The van der Waals surface area contributed by atoms with Gasteiger partial charge in [0.1, 0.15) is 5.76 Å². The molecule has 3 aromatic rings. The van der Waals surface area contributed by atoms with Crippen molar-refractivity contribution in [3.63, 3.8) is 0 Å². The fraction of sp³-hybridized carbons (Fsp3) is 0.353. The van der Waals surface area contributed by atoms with Gasteiger partial charge in [0.05, 0.1) is 22.8 Å². The highest BCUT2D eigenvalue weighted by atomic mass is 35.5. The van der Waals surface area contributed by atoms with Gasteiger partial charge in [0.15, 0.2) is 0 Å². The van der Waals surface area contributed by atoms with E-state index in [9.17, 15) is 0 Å². The van der Waals surface area contributed by atoms with Gasteiger partial charge < -0.3 is 8.94 Å². The Morgan fingerprint density at radius 2 is 2.00 bits per heavy atom. The lowest BCUT2D eigenvalue weighted by atomic mass is 10.2. The van der Waals surface area contributed by atoms with Crippen molar-refractivity contribution in [2.24, 2.45) is 0 Å². The summed E-state index contributed by atoms with van der Waals surface area (Å²) in [5.74, 6) is 1.79. The molecule has 0 aliphatic rings. The van der Waals surface area contributed by atoms with Crippen LogP contribution in [0.2, 0.25) is 5.02 Å².